The first kappa shape index (κ1) is 29.5. The maximum absolute atomic E-state index is 12.5. The quantitative estimate of drug-likeness (QED) is 0.167. The summed E-state index contributed by atoms with van der Waals surface area (Å²) in [5, 5.41) is 2.67. The highest BCUT2D eigenvalue weighted by atomic mass is 35.5. The molecule has 2 rings (SSSR count). The Morgan fingerprint density at radius 2 is 1.51 bits per heavy atom. The first-order valence-corrected chi connectivity index (χ1v) is 11.3. The maximum atomic E-state index is 12.5. The number of methoxy groups -OCH3 is 1. The Bertz CT molecular complexity index is 1110. The van der Waals surface area contributed by atoms with Gasteiger partial charge in [0.15, 0.2) is 30.3 Å². The summed E-state index contributed by atoms with van der Waals surface area (Å²) in [5.74, 6) is -4.94. The highest BCUT2D eigenvalue weighted by Gasteiger charge is 2.52. The van der Waals surface area contributed by atoms with E-state index in [1.807, 2.05) is 0 Å². The molecule has 2 heterocycles. The molecule has 2 N–H and O–H groups in total. The van der Waals surface area contributed by atoms with Crippen molar-refractivity contribution in [2.24, 2.45) is 0 Å². The van der Waals surface area contributed by atoms with Crippen LogP contribution in [-0.2, 0) is 42.9 Å². The molecule has 0 amide bonds. The molecule has 0 unspecified atom stereocenters. The van der Waals surface area contributed by atoms with Gasteiger partial charge >= 0.3 is 23.9 Å². The number of hydrogen-bond donors (Lipinski definition) is 2. The molecule has 5 atom stereocenters. The lowest BCUT2D eigenvalue weighted by atomic mass is 9.97. The number of Topliss-reactive ketones (excluding diaryl/α,β-unsaturated/α-hetero) is 1. The molecule has 0 radical (unpaired) electrons. The lowest BCUT2D eigenvalue weighted by Crippen LogP contribution is -2.64. The number of halogens is 1. The molecule has 1 fully saturated rings. The molecular formula is C21H26ClN3O12. The van der Waals surface area contributed by atoms with E-state index >= 15 is 0 Å². The summed E-state index contributed by atoms with van der Waals surface area (Å²) in [6.45, 7) is 3.85. The fraction of sp³-hybridized carbons (Fsp3) is 0.571. The summed E-state index contributed by atoms with van der Waals surface area (Å²) < 4.78 is 31.8. The van der Waals surface area contributed by atoms with Crippen LogP contribution < -0.4 is 15.6 Å². The molecule has 37 heavy (non-hydrogen) atoms. The van der Waals surface area contributed by atoms with Crippen LogP contribution in [0, 0.1) is 0 Å². The number of nitrogens with zero attached hydrogens (tertiary/aromatic N) is 1. The lowest BCUT2D eigenvalue weighted by Gasteiger charge is -2.44. The van der Waals surface area contributed by atoms with Crippen LogP contribution in [0.15, 0.2) is 4.79 Å². The van der Waals surface area contributed by atoms with Crippen molar-refractivity contribution >= 4 is 47.1 Å². The van der Waals surface area contributed by atoms with Gasteiger partial charge in [-0.1, -0.05) is 0 Å². The van der Waals surface area contributed by atoms with Gasteiger partial charge in [0.05, 0.1) is 13.0 Å². The second-order valence-electron chi connectivity index (χ2n) is 7.62. The lowest BCUT2D eigenvalue weighted by molar-refractivity contribution is -0.247. The van der Waals surface area contributed by atoms with Gasteiger partial charge in [0.1, 0.15) is 24.1 Å². The number of H-pyrrole nitrogens is 1. The summed E-state index contributed by atoms with van der Waals surface area (Å²) in [7, 11) is 1.21. The van der Waals surface area contributed by atoms with Crippen LogP contribution in [0.5, 0.6) is 6.01 Å². The first-order valence-electron chi connectivity index (χ1n) is 10.7. The average Bonchev–Trinajstić information content (AvgIpc) is 2.80. The highest BCUT2D eigenvalue weighted by molar-refractivity contribution is 6.31. The van der Waals surface area contributed by atoms with E-state index in [1.165, 1.54) is 7.11 Å². The number of anilines is 1. The number of rotatable bonds is 10. The topological polar surface area (TPSA) is 199 Å². The van der Waals surface area contributed by atoms with Crippen molar-refractivity contribution in [1.29, 1.82) is 0 Å². The Labute approximate surface area is 215 Å². The molecule has 16 heteroatoms. The van der Waals surface area contributed by atoms with Gasteiger partial charge in [0.25, 0.3) is 11.6 Å². The van der Waals surface area contributed by atoms with E-state index in [0.29, 0.717) is 0 Å². The molecule has 1 aliphatic heterocycles. The molecular weight excluding hydrogens is 522 g/mol. The van der Waals surface area contributed by atoms with Gasteiger partial charge in [-0.25, -0.2) is 0 Å². The third kappa shape index (κ3) is 7.88. The number of ether oxygens (including phenoxy) is 6. The zero-order valence-electron chi connectivity index (χ0n) is 20.5. The molecule has 0 bridgehead atoms. The average molecular weight is 548 g/mol. The van der Waals surface area contributed by atoms with Crippen molar-refractivity contribution in [3.05, 3.63) is 15.9 Å². The molecule has 1 aromatic rings. The number of alkyl halides is 1. The minimum absolute atomic E-state index is 0.288. The predicted octanol–water partition coefficient (Wildman–Crippen LogP) is -0.305. The fourth-order valence-electron chi connectivity index (χ4n) is 3.46. The van der Waals surface area contributed by atoms with Crippen LogP contribution in [0.4, 0.5) is 5.82 Å². The molecule has 0 aliphatic carbocycles. The summed E-state index contributed by atoms with van der Waals surface area (Å²) in [6, 6.07) is -0.288. The van der Waals surface area contributed by atoms with Crippen LogP contribution in [0.3, 0.4) is 0 Å². The number of aromatic amines is 1. The smallest absolute Gasteiger partial charge is 0.303 e. The monoisotopic (exact) mass is 547 g/mol. The van der Waals surface area contributed by atoms with E-state index in [1.54, 1.807) is 0 Å². The predicted molar refractivity (Wildman–Crippen MR) is 122 cm³/mol. The Morgan fingerprint density at radius 3 is 2.03 bits per heavy atom. The van der Waals surface area contributed by atoms with Crippen molar-refractivity contribution in [2.75, 3.05) is 24.9 Å². The van der Waals surface area contributed by atoms with Crippen molar-refractivity contribution in [3.63, 3.8) is 0 Å². The highest BCUT2D eigenvalue weighted by Crippen LogP contribution is 2.30. The van der Waals surface area contributed by atoms with E-state index in [-0.39, 0.29) is 11.8 Å². The minimum atomic E-state index is -1.51. The number of carbonyl (C=O) groups is 5. The van der Waals surface area contributed by atoms with E-state index in [9.17, 15) is 28.8 Å². The van der Waals surface area contributed by atoms with Crippen LogP contribution in [-0.4, -0.2) is 89.9 Å². The number of ketones is 1. The zero-order valence-corrected chi connectivity index (χ0v) is 21.3. The van der Waals surface area contributed by atoms with Crippen molar-refractivity contribution in [1.82, 2.24) is 9.97 Å². The number of nitrogens with one attached hydrogen (secondary N) is 2. The van der Waals surface area contributed by atoms with Crippen molar-refractivity contribution in [2.45, 2.75) is 58.3 Å². The summed E-state index contributed by atoms with van der Waals surface area (Å²) >= 11 is 5.64. The van der Waals surface area contributed by atoms with E-state index in [4.69, 9.17) is 40.0 Å². The molecule has 1 saturated heterocycles. The van der Waals surface area contributed by atoms with Gasteiger partial charge in [-0.3, -0.25) is 33.8 Å². The number of esters is 4. The van der Waals surface area contributed by atoms with Crippen LogP contribution in [0.1, 0.15) is 38.1 Å². The molecule has 1 aromatic heterocycles. The Morgan fingerprint density at radius 1 is 0.946 bits per heavy atom. The molecule has 0 saturated carbocycles. The van der Waals surface area contributed by atoms with Gasteiger partial charge in [-0.05, 0) is 0 Å². The fourth-order valence-corrected chi connectivity index (χ4v) is 3.59. The largest absolute Gasteiger partial charge is 0.468 e. The van der Waals surface area contributed by atoms with E-state index in [0.717, 1.165) is 27.7 Å². The number of aromatic nitrogens is 2. The number of hydrogen-bond acceptors (Lipinski definition) is 14. The van der Waals surface area contributed by atoms with Gasteiger partial charge < -0.3 is 33.7 Å². The second-order valence-corrected chi connectivity index (χ2v) is 7.89. The second kappa shape index (κ2) is 13.0. The molecule has 0 aromatic carbocycles. The van der Waals surface area contributed by atoms with E-state index < -0.39 is 83.9 Å². The van der Waals surface area contributed by atoms with Gasteiger partial charge in [-0.15, -0.1) is 11.6 Å². The number of carbonyl (C=O) groups excluding carboxylic acids is 5. The van der Waals surface area contributed by atoms with Gasteiger partial charge in [-0.2, -0.15) is 4.98 Å². The summed E-state index contributed by atoms with van der Waals surface area (Å²) in [6.07, 6.45) is -7.13. The maximum Gasteiger partial charge on any atom is 0.303 e. The Hall–Kier alpha value is -3.72. The van der Waals surface area contributed by atoms with Crippen molar-refractivity contribution in [3.8, 4) is 6.01 Å². The molecule has 1 aliphatic rings. The van der Waals surface area contributed by atoms with Crippen LogP contribution in [0.2, 0.25) is 0 Å². The minimum Gasteiger partial charge on any atom is -0.468 e. The van der Waals surface area contributed by atoms with Gasteiger partial charge in [0, 0.05) is 27.7 Å². The van der Waals surface area contributed by atoms with E-state index in [2.05, 4.69) is 15.3 Å². The third-order valence-electron chi connectivity index (χ3n) is 4.76. The Kier molecular flexibility index (Phi) is 10.4. The van der Waals surface area contributed by atoms with Crippen molar-refractivity contribution < 1.29 is 52.4 Å². The molecule has 0 spiro atoms. The Balaban J connectivity index is 2.64. The molecule has 204 valence electrons. The van der Waals surface area contributed by atoms with Gasteiger partial charge in [0.2, 0.25) is 0 Å². The third-order valence-corrected chi connectivity index (χ3v) is 5.00. The molecule has 15 nitrogen and oxygen atoms in total. The first-order chi connectivity index (χ1) is 17.4. The SMILES string of the molecule is COc1nc(N[C@@H]2O[C@@H](COC(C)=O)[C@@H](OC(C)=O)[C@H](OC(C)=O)[C@@H]2OC(C)=O)c(C(=O)CCl)c(=O)[nH]1. The zero-order chi connectivity index (χ0) is 27.9. The summed E-state index contributed by atoms with van der Waals surface area (Å²) in [5.41, 5.74) is -1.39. The normalized spacial score (nSPS) is 22.8. The summed E-state index contributed by atoms with van der Waals surface area (Å²) in [4.78, 5) is 78.4. The van der Waals surface area contributed by atoms with Crippen LogP contribution >= 0.6 is 11.6 Å². The van der Waals surface area contributed by atoms with Crippen LogP contribution in [0.25, 0.3) is 0 Å². The standard InChI is InChI=1S/C21H26ClN3O12/c1-8(26)33-7-13-15(34-9(2)27)16(35-10(3)28)17(36-11(4)29)20(37-13)23-18-14(12(30)6-22)19(31)25-21(24-18)32-5/h13,15-17,20H,6-7H2,1-5H3,(H2,23,24,25,31)/t13-,15+,16-,17-,20+/m0/s1.